The SMILES string of the molecule is CCOC1(CO)c2ccccc2-c2cccc(C)c21. The Morgan fingerprint density at radius 1 is 1.05 bits per heavy atom. The van der Waals surface area contributed by atoms with Crippen molar-refractivity contribution >= 4 is 0 Å². The Morgan fingerprint density at radius 2 is 1.79 bits per heavy atom. The van der Waals surface area contributed by atoms with Crippen LogP contribution < -0.4 is 0 Å². The zero-order valence-electron chi connectivity index (χ0n) is 11.3. The molecule has 1 atom stereocenters. The van der Waals surface area contributed by atoms with E-state index >= 15 is 0 Å². The monoisotopic (exact) mass is 254 g/mol. The van der Waals surface area contributed by atoms with Crippen LogP contribution in [0.15, 0.2) is 42.5 Å². The third kappa shape index (κ3) is 1.57. The molecule has 98 valence electrons. The van der Waals surface area contributed by atoms with E-state index in [0.717, 1.165) is 16.7 Å². The van der Waals surface area contributed by atoms with Crippen LogP contribution in [0.5, 0.6) is 0 Å². The Bertz CT molecular complexity index is 618. The highest BCUT2D eigenvalue weighted by Crippen LogP contribution is 2.50. The lowest BCUT2D eigenvalue weighted by molar-refractivity contribution is -0.0469. The Morgan fingerprint density at radius 3 is 2.53 bits per heavy atom. The van der Waals surface area contributed by atoms with Gasteiger partial charge in [0.1, 0.15) is 5.60 Å². The molecule has 0 saturated heterocycles. The quantitative estimate of drug-likeness (QED) is 0.911. The largest absolute Gasteiger partial charge is 0.393 e. The van der Waals surface area contributed by atoms with Gasteiger partial charge >= 0.3 is 0 Å². The van der Waals surface area contributed by atoms with E-state index < -0.39 is 5.60 Å². The van der Waals surface area contributed by atoms with Gasteiger partial charge in [-0.2, -0.15) is 0 Å². The van der Waals surface area contributed by atoms with Gasteiger partial charge in [-0.1, -0.05) is 42.5 Å². The molecule has 2 aromatic rings. The van der Waals surface area contributed by atoms with Gasteiger partial charge in [0, 0.05) is 12.2 Å². The molecule has 1 aliphatic rings. The molecule has 0 bridgehead atoms. The van der Waals surface area contributed by atoms with Crippen molar-refractivity contribution in [3.05, 3.63) is 59.2 Å². The summed E-state index contributed by atoms with van der Waals surface area (Å²) >= 11 is 0. The number of aryl methyl sites for hydroxylation is 1. The molecule has 0 aromatic heterocycles. The van der Waals surface area contributed by atoms with Crippen molar-refractivity contribution in [3.8, 4) is 11.1 Å². The Hall–Kier alpha value is -1.64. The maximum Gasteiger partial charge on any atom is 0.142 e. The molecule has 0 spiro atoms. The van der Waals surface area contributed by atoms with Gasteiger partial charge in [-0.05, 0) is 36.1 Å². The molecular formula is C17H18O2. The van der Waals surface area contributed by atoms with Crippen molar-refractivity contribution < 1.29 is 9.84 Å². The first-order valence-corrected chi connectivity index (χ1v) is 6.69. The second-order valence-electron chi connectivity index (χ2n) is 4.96. The highest BCUT2D eigenvalue weighted by atomic mass is 16.5. The molecule has 2 aromatic carbocycles. The summed E-state index contributed by atoms with van der Waals surface area (Å²) in [6.45, 7) is 4.59. The van der Waals surface area contributed by atoms with E-state index in [1.807, 2.05) is 19.1 Å². The molecule has 1 unspecified atom stereocenters. The fourth-order valence-electron chi connectivity index (χ4n) is 3.24. The third-order valence-corrected chi connectivity index (χ3v) is 3.94. The lowest BCUT2D eigenvalue weighted by atomic mass is 9.89. The van der Waals surface area contributed by atoms with Gasteiger partial charge in [-0.3, -0.25) is 0 Å². The van der Waals surface area contributed by atoms with Crippen molar-refractivity contribution in [1.82, 2.24) is 0 Å². The number of ether oxygens (including phenoxy) is 1. The normalized spacial score (nSPS) is 20.2. The van der Waals surface area contributed by atoms with Gasteiger partial charge in [0.15, 0.2) is 0 Å². The topological polar surface area (TPSA) is 29.5 Å². The fourth-order valence-corrected chi connectivity index (χ4v) is 3.24. The Labute approximate surface area is 113 Å². The number of benzene rings is 2. The van der Waals surface area contributed by atoms with Gasteiger partial charge in [0.05, 0.1) is 6.61 Å². The van der Waals surface area contributed by atoms with Gasteiger partial charge < -0.3 is 9.84 Å². The summed E-state index contributed by atoms with van der Waals surface area (Å²) in [7, 11) is 0. The first-order chi connectivity index (χ1) is 9.24. The fraction of sp³-hybridized carbons (Fsp3) is 0.294. The maximum atomic E-state index is 10.0. The van der Waals surface area contributed by atoms with Crippen LogP contribution in [0.2, 0.25) is 0 Å². The van der Waals surface area contributed by atoms with Crippen LogP contribution in [0.3, 0.4) is 0 Å². The number of fused-ring (bicyclic) bond motifs is 3. The number of aliphatic hydroxyl groups is 1. The highest BCUT2D eigenvalue weighted by molar-refractivity contribution is 5.81. The molecule has 0 saturated carbocycles. The summed E-state index contributed by atoms with van der Waals surface area (Å²) in [4.78, 5) is 0. The second-order valence-corrected chi connectivity index (χ2v) is 4.96. The van der Waals surface area contributed by atoms with Crippen LogP contribution in [0, 0.1) is 6.92 Å². The summed E-state index contributed by atoms with van der Waals surface area (Å²) < 4.78 is 6.02. The number of hydrogen-bond donors (Lipinski definition) is 1. The van der Waals surface area contributed by atoms with Crippen molar-refractivity contribution in [1.29, 1.82) is 0 Å². The minimum Gasteiger partial charge on any atom is -0.393 e. The van der Waals surface area contributed by atoms with E-state index in [1.165, 1.54) is 11.1 Å². The van der Waals surface area contributed by atoms with E-state index in [2.05, 4.69) is 37.3 Å². The number of hydrogen-bond acceptors (Lipinski definition) is 2. The molecule has 0 heterocycles. The second kappa shape index (κ2) is 4.48. The van der Waals surface area contributed by atoms with E-state index in [-0.39, 0.29) is 6.61 Å². The van der Waals surface area contributed by atoms with E-state index in [4.69, 9.17) is 4.74 Å². The molecule has 1 N–H and O–H groups in total. The summed E-state index contributed by atoms with van der Waals surface area (Å²) in [5.41, 5.74) is 4.99. The lowest BCUT2D eigenvalue weighted by Gasteiger charge is -2.30. The lowest BCUT2D eigenvalue weighted by Crippen LogP contribution is -2.34. The summed E-state index contributed by atoms with van der Waals surface area (Å²) in [6, 6.07) is 14.4. The average molecular weight is 254 g/mol. The molecular weight excluding hydrogens is 236 g/mol. The Balaban J connectivity index is 2.37. The first-order valence-electron chi connectivity index (χ1n) is 6.69. The average Bonchev–Trinajstić information content (AvgIpc) is 2.72. The minimum absolute atomic E-state index is 0.0320. The van der Waals surface area contributed by atoms with E-state index in [0.29, 0.717) is 6.61 Å². The van der Waals surface area contributed by atoms with Crippen LogP contribution in [-0.2, 0) is 10.3 Å². The molecule has 2 heteroatoms. The number of rotatable bonds is 3. The summed E-state index contributed by atoms with van der Waals surface area (Å²) in [5.74, 6) is 0. The van der Waals surface area contributed by atoms with E-state index in [1.54, 1.807) is 0 Å². The third-order valence-electron chi connectivity index (χ3n) is 3.94. The minimum atomic E-state index is -0.702. The smallest absolute Gasteiger partial charge is 0.142 e. The molecule has 3 rings (SSSR count). The maximum absolute atomic E-state index is 10.0. The van der Waals surface area contributed by atoms with Crippen LogP contribution in [0.1, 0.15) is 23.6 Å². The zero-order chi connectivity index (χ0) is 13.5. The molecule has 0 fully saturated rings. The van der Waals surface area contributed by atoms with Crippen LogP contribution >= 0.6 is 0 Å². The van der Waals surface area contributed by atoms with Gasteiger partial charge in [0.2, 0.25) is 0 Å². The predicted molar refractivity (Wildman–Crippen MR) is 76.1 cm³/mol. The van der Waals surface area contributed by atoms with Gasteiger partial charge in [-0.25, -0.2) is 0 Å². The van der Waals surface area contributed by atoms with E-state index in [9.17, 15) is 5.11 Å². The van der Waals surface area contributed by atoms with Crippen molar-refractivity contribution in [2.75, 3.05) is 13.2 Å². The van der Waals surface area contributed by atoms with Crippen LogP contribution in [0.4, 0.5) is 0 Å². The molecule has 0 aliphatic heterocycles. The highest BCUT2D eigenvalue weighted by Gasteiger charge is 2.44. The van der Waals surface area contributed by atoms with Crippen LogP contribution in [-0.4, -0.2) is 18.3 Å². The van der Waals surface area contributed by atoms with Crippen molar-refractivity contribution in [2.24, 2.45) is 0 Å². The zero-order valence-corrected chi connectivity index (χ0v) is 11.3. The number of aliphatic hydroxyl groups excluding tert-OH is 1. The molecule has 1 aliphatic carbocycles. The molecule has 0 radical (unpaired) electrons. The summed E-state index contributed by atoms with van der Waals surface area (Å²) in [5, 5.41) is 10.0. The molecule has 19 heavy (non-hydrogen) atoms. The Kier molecular flexibility index (Phi) is 2.92. The van der Waals surface area contributed by atoms with Crippen LogP contribution in [0.25, 0.3) is 11.1 Å². The van der Waals surface area contributed by atoms with Gasteiger partial charge in [-0.15, -0.1) is 0 Å². The summed E-state index contributed by atoms with van der Waals surface area (Å²) in [6.07, 6.45) is 0. The molecule has 2 nitrogen and oxygen atoms in total. The van der Waals surface area contributed by atoms with Gasteiger partial charge in [0.25, 0.3) is 0 Å². The predicted octanol–water partition coefficient (Wildman–Crippen LogP) is 3.25. The van der Waals surface area contributed by atoms with Crippen molar-refractivity contribution in [3.63, 3.8) is 0 Å². The van der Waals surface area contributed by atoms with Crippen molar-refractivity contribution in [2.45, 2.75) is 19.4 Å². The molecule has 0 amide bonds. The standard InChI is InChI=1S/C17H18O2/c1-3-19-17(11-18)15-10-5-4-8-13(15)14-9-6-7-12(2)16(14)17/h4-10,18H,3,11H2,1-2H3. The first kappa shape index (κ1) is 12.4.